The van der Waals surface area contributed by atoms with Gasteiger partial charge in [0, 0.05) is 12.6 Å². The molecule has 1 fully saturated rings. The van der Waals surface area contributed by atoms with Gasteiger partial charge >= 0.3 is 0 Å². The predicted octanol–water partition coefficient (Wildman–Crippen LogP) is 4.25. The molecule has 0 radical (unpaired) electrons. The molecule has 2 aromatic rings. The molecular weight excluding hydrogens is 274 g/mol. The van der Waals surface area contributed by atoms with Crippen LogP contribution in [0.4, 0.5) is 0 Å². The van der Waals surface area contributed by atoms with Crippen molar-refractivity contribution in [3.63, 3.8) is 0 Å². The summed E-state index contributed by atoms with van der Waals surface area (Å²) >= 11 is 0. The Kier molecular flexibility index (Phi) is 4.32. The van der Waals surface area contributed by atoms with Crippen LogP contribution in [0, 0.1) is 0 Å². The second-order valence-corrected chi connectivity index (χ2v) is 5.94. The molecule has 1 heterocycles. The van der Waals surface area contributed by atoms with Gasteiger partial charge in [-0.25, -0.2) is 0 Å². The molecule has 3 rings (SSSR count). The Hall–Kier alpha value is -2.03. The second-order valence-electron chi connectivity index (χ2n) is 5.94. The first-order valence-corrected chi connectivity index (χ1v) is 8.18. The summed E-state index contributed by atoms with van der Waals surface area (Å²) in [5, 5.41) is 2.06. The number of carbonyl (C=O) groups is 1. The Morgan fingerprint density at radius 1 is 1.23 bits per heavy atom. The number of nitrogens with zero attached hydrogens (tertiary/aromatic N) is 1. The van der Waals surface area contributed by atoms with E-state index >= 15 is 0 Å². The first kappa shape index (κ1) is 14.9. The van der Waals surface area contributed by atoms with Crippen molar-refractivity contribution in [3.05, 3.63) is 42.0 Å². The fourth-order valence-corrected chi connectivity index (χ4v) is 3.29. The molecular formula is C19H23NO2. The number of hydrogen-bond donors (Lipinski definition) is 0. The number of piperidine rings is 1. The molecule has 1 amide bonds. The predicted molar refractivity (Wildman–Crippen MR) is 89.5 cm³/mol. The lowest BCUT2D eigenvalue weighted by Crippen LogP contribution is -2.42. The van der Waals surface area contributed by atoms with Gasteiger partial charge in [0.2, 0.25) is 0 Å². The average molecular weight is 297 g/mol. The lowest BCUT2D eigenvalue weighted by atomic mass is 9.98. The zero-order valence-corrected chi connectivity index (χ0v) is 13.3. The molecule has 1 atom stereocenters. The van der Waals surface area contributed by atoms with Crippen LogP contribution in [0.25, 0.3) is 10.8 Å². The highest BCUT2D eigenvalue weighted by molar-refractivity contribution is 6.09. The van der Waals surface area contributed by atoms with E-state index in [1.165, 1.54) is 6.42 Å². The van der Waals surface area contributed by atoms with Crippen molar-refractivity contribution < 1.29 is 9.53 Å². The minimum atomic E-state index is 0.104. The van der Waals surface area contributed by atoms with Gasteiger partial charge in [-0.2, -0.15) is 0 Å². The minimum absolute atomic E-state index is 0.104. The van der Waals surface area contributed by atoms with Crippen molar-refractivity contribution in [2.75, 3.05) is 13.2 Å². The third-order valence-corrected chi connectivity index (χ3v) is 4.47. The van der Waals surface area contributed by atoms with Gasteiger partial charge in [0.1, 0.15) is 5.75 Å². The van der Waals surface area contributed by atoms with Crippen molar-refractivity contribution in [1.29, 1.82) is 0 Å². The van der Waals surface area contributed by atoms with Crippen molar-refractivity contribution >= 4 is 16.7 Å². The van der Waals surface area contributed by atoms with Crippen LogP contribution >= 0.6 is 0 Å². The van der Waals surface area contributed by atoms with Crippen LogP contribution in [0.1, 0.15) is 43.5 Å². The monoisotopic (exact) mass is 297 g/mol. The molecule has 0 saturated carbocycles. The molecule has 1 aliphatic heterocycles. The summed E-state index contributed by atoms with van der Waals surface area (Å²) < 4.78 is 5.74. The van der Waals surface area contributed by atoms with Crippen LogP contribution in [-0.2, 0) is 0 Å². The van der Waals surface area contributed by atoms with Gasteiger partial charge in [0.05, 0.1) is 12.2 Å². The molecule has 3 nitrogen and oxygen atoms in total. The van der Waals surface area contributed by atoms with Crippen LogP contribution in [0.3, 0.4) is 0 Å². The van der Waals surface area contributed by atoms with E-state index in [-0.39, 0.29) is 5.91 Å². The average Bonchev–Trinajstić information content (AvgIpc) is 2.55. The molecule has 0 spiro atoms. The van der Waals surface area contributed by atoms with Crippen molar-refractivity contribution in [2.24, 2.45) is 0 Å². The first-order valence-electron chi connectivity index (χ1n) is 8.18. The molecule has 3 heteroatoms. The Labute approximate surface area is 131 Å². The van der Waals surface area contributed by atoms with Crippen molar-refractivity contribution in [3.8, 4) is 5.75 Å². The quantitative estimate of drug-likeness (QED) is 0.847. The molecule has 0 aromatic heterocycles. The molecule has 116 valence electrons. The number of rotatable bonds is 3. The van der Waals surface area contributed by atoms with Gasteiger partial charge in [-0.05, 0) is 49.9 Å². The summed E-state index contributed by atoms with van der Waals surface area (Å²) in [6.45, 7) is 5.50. The second kappa shape index (κ2) is 6.39. The van der Waals surface area contributed by atoms with Crippen LogP contribution in [0.2, 0.25) is 0 Å². The number of likely N-dealkylation sites (tertiary alicyclic amines) is 1. The maximum atomic E-state index is 13.2. The van der Waals surface area contributed by atoms with Gasteiger partial charge < -0.3 is 9.64 Å². The lowest BCUT2D eigenvalue weighted by Gasteiger charge is -2.34. The number of carbonyl (C=O) groups excluding carboxylic acids is 1. The zero-order valence-electron chi connectivity index (χ0n) is 13.3. The van der Waals surface area contributed by atoms with Crippen molar-refractivity contribution in [1.82, 2.24) is 4.90 Å². The summed E-state index contributed by atoms with van der Waals surface area (Å²) in [7, 11) is 0. The van der Waals surface area contributed by atoms with E-state index in [1.807, 2.05) is 48.2 Å². The van der Waals surface area contributed by atoms with E-state index < -0.39 is 0 Å². The topological polar surface area (TPSA) is 29.5 Å². The van der Waals surface area contributed by atoms with E-state index in [2.05, 4.69) is 6.92 Å². The normalized spacial score (nSPS) is 18.5. The number of amides is 1. The molecule has 0 N–H and O–H groups in total. The van der Waals surface area contributed by atoms with Gasteiger partial charge in [0.15, 0.2) is 0 Å². The van der Waals surface area contributed by atoms with E-state index in [4.69, 9.17) is 4.74 Å². The largest absolute Gasteiger partial charge is 0.493 e. The third kappa shape index (κ3) is 2.68. The maximum absolute atomic E-state index is 13.2. The van der Waals surface area contributed by atoms with E-state index in [0.29, 0.717) is 24.0 Å². The highest BCUT2D eigenvalue weighted by Gasteiger charge is 2.27. The van der Waals surface area contributed by atoms with Gasteiger partial charge in [0.25, 0.3) is 5.91 Å². The van der Waals surface area contributed by atoms with Crippen LogP contribution in [0.5, 0.6) is 5.75 Å². The standard InChI is InChI=1S/C19H23NO2/c1-3-22-17-12-11-15-9-4-5-10-16(15)18(17)19(21)20-13-7-6-8-14(20)2/h4-5,9-12,14H,3,6-8,13H2,1-2H3/t14-/m0/s1. The van der Waals surface area contributed by atoms with E-state index in [1.54, 1.807) is 0 Å². The fraction of sp³-hybridized carbons (Fsp3) is 0.421. The van der Waals surface area contributed by atoms with Crippen LogP contribution in [-0.4, -0.2) is 30.0 Å². The molecule has 0 unspecified atom stereocenters. The minimum Gasteiger partial charge on any atom is -0.493 e. The van der Waals surface area contributed by atoms with Crippen molar-refractivity contribution in [2.45, 2.75) is 39.2 Å². The lowest BCUT2D eigenvalue weighted by molar-refractivity contribution is 0.0634. The van der Waals surface area contributed by atoms with Gasteiger partial charge in [-0.1, -0.05) is 30.3 Å². The summed E-state index contributed by atoms with van der Waals surface area (Å²) in [5.74, 6) is 0.802. The Morgan fingerprint density at radius 3 is 2.82 bits per heavy atom. The molecule has 2 aromatic carbocycles. The number of hydrogen-bond acceptors (Lipinski definition) is 2. The van der Waals surface area contributed by atoms with E-state index in [9.17, 15) is 4.79 Å². The van der Waals surface area contributed by atoms with Gasteiger partial charge in [-0.3, -0.25) is 4.79 Å². The summed E-state index contributed by atoms with van der Waals surface area (Å²) in [4.78, 5) is 15.2. The van der Waals surface area contributed by atoms with Gasteiger partial charge in [-0.15, -0.1) is 0 Å². The highest BCUT2D eigenvalue weighted by atomic mass is 16.5. The third-order valence-electron chi connectivity index (χ3n) is 4.47. The van der Waals surface area contributed by atoms with Crippen LogP contribution in [0.15, 0.2) is 36.4 Å². The zero-order chi connectivity index (χ0) is 15.5. The highest BCUT2D eigenvalue weighted by Crippen LogP contribution is 2.31. The SMILES string of the molecule is CCOc1ccc2ccccc2c1C(=O)N1CCCC[C@@H]1C. The summed E-state index contributed by atoms with van der Waals surface area (Å²) in [6, 6.07) is 12.3. The summed E-state index contributed by atoms with van der Waals surface area (Å²) in [5.41, 5.74) is 0.716. The Morgan fingerprint density at radius 2 is 2.05 bits per heavy atom. The molecule has 22 heavy (non-hydrogen) atoms. The Balaban J connectivity index is 2.10. The smallest absolute Gasteiger partial charge is 0.258 e. The maximum Gasteiger partial charge on any atom is 0.258 e. The molecule has 1 aliphatic rings. The fourth-order valence-electron chi connectivity index (χ4n) is 3.29. The van der Waals surface area contributed by atoms with E-state index in [0.717, 1.165) is 30.2 Å². The molecule has 0 aliphatic carbocycles. The number of fused-ring (bicyclic) bond motifs is 1. The van der Waals surface area contributed by atoms with Crippen LogP contribution < -0.4 is 4.74 Å². The molecule has 0 bridgehead atoms. The Bertz CT molecular complexity index is 680. The first-order chi connectivity index (χ1) is 10.7. The summed E-state index contributed by atoms with van der Waals surface area (Å²) in [6.07, 6.45) is 3.38. The number of ether oxygens (including phenoxy) is 1. The molecule has 1 saturated heterocycles. The number of benzene rings is 2.